The van der Waals surface area contributed by atoms with Gasteiger partial charge in [-0.1, -0.05) is 15.9 Å². The molecule has 74 valence electrons. The molecule has 0 aliphatic heterocycles. The summed E-state index contributed by atoms with van der Waals surface area (Å²) < 4.78 is 6.24. The van der Waals surface area contributed by atoms with E-state index in [0.717, 1.165) is 34.9 Å². The zero-order valence-corrected chi connectivity index (χ0v) is 9.50. The molecule has 0 saturated heterocycles. The Kier molecular flexibility index (Phi) is 2.35. The van der Waals surface area contributed by atoms with Gasteiger partial charge in [-0.25, -0.2) is 0 Å². The zero-order valence-electron chi connectivity index (χ0n) is 7.92. The molecule has 1 aliphatic carbocycles. The summed E-state index contributed by atoms with van der Waals surface area (Å²) in [6, 6.07) is 5.78. The highest BCUT2D eigenvalue weighted by molar-refractivity contribution is 9.10. The molecule has 1 saturated carbocycles. The van der Waals surface area contributed by atoms with E-state index in [2.05, 4.69) is 15.9 Å². The number of methoxy groups -OCH3 is 1. The van der Waals surface area contributed by atoms with Crippen molar-refractivity contribution in [3.8, 4) is 5.75 Å². The highest BCUT2D eigenvalue weighted by Gasteiger charge is 2.46. The van der Waals surface area contributed by atoms with E-state index in [1.807, 2.05) is 18.2 Å². The molecule has 2 nitrogen and oxygen atoms in total. The average Bonchev–Trinajstić information content (AvgIpc) is 2.98. The van der Waals surface area contributed by atoms with Gasteiger partial charge in [0.2, 0.25) is 0 Å². The van der Waals surface area contributed by atoms with Crippen LogP contribution in [0.5, 0.6) is 5.75 Å². The van der Waals surface area contributed by atoms with Crippen molar-refractivity contribution in [1.82, 2.24) is 0 Å². The second kappa shape index (κ2) is 3.39. The van der Waals surface area contributed by atoms with Gasteiger partial charge in [0.1, 0.15) is 12.0 Å². The van der Waals surface area contributed by atoms with E-state index in [1.165, 1.54) is 0 Å². The molecule has 0 radical (unpaired) electrons. The molecule has 0 atom stereocenters. The molecule has 0 heterocycles. The first-order chi connectivity index (χ1) is 6.72. The third-order valence-corrected chi connectivity index (χ3v) is 3.21. The lowest BCUT2D eigenvalue weighted by molar-refractivity contribution is -0.109. The molecule has 0 amide bonds. The number of aldehydes is 1. The number of benzene rings is 1. The first-order valence-corrected chi connectivity index (χ1v) is 5.31. The van der Waals surface area contributed by atoms with E-state index >= 15 is 0 Å². The Labute approximate surface area is 91.4 Å². The second-order valence-corrected chi connectivity index (χ2v) is 4.53. The van der Waals surface area contributed by atoms with Crippen LogP contribution in [0.3, 0.4) is 0 Å². The summed E-state index contributed by atoms with van der Waals surface area (Å²) in [5, 5.41) is 0. The maximum Gasteiger partial charge on any atom is 0.130 e. The number of ether oxygens (including phenoxy) is 1. The second-order valence-electron chi connectivity index (χ2n) is 3.62. The summed E-state index contributed by atoms with van der Waals surface area (Å²) >= 11 is 3.40. The van der Waals surface area contributed by atoms with E-state index in [9.17, 15) is 4.79 Å². The monoisotopic (exact) mass is 254 g/mol. The van der Waals surface area contributed by atoms with Gasteiger partial charge in [0.25, 0.3) is 0 Å². The molecule has 0 spiro atoms. The molecule has 0 N–H and O–H groups in total. The molecule has 1 aromatic rings. The first kappa shape index (κ1) is 9.71. The summed E-state index contributed by atoms with van der Waals surface area (Å²) in [6.07, 6.45) is 2.91. The number of rotatable bonds is 3. The maximum atomic E-state index is 11.0. The van der Waals surface area contributed by atoms with Crippen LogP contribution in [0.1, 0.15) is 18.4 Å². The SMILES string of the molecule is COc1ccc(Br)cc1C1(C=O)CC1. The average molecular weight is 255 g/mol. The normalized spacial score (nSPS) is 17.6. The van der Waals surface area contributed by atoms with Crippen LogP contribution >= 0.6 is 15.9 Å². The predicted octanol–water partition coefficient (Wildman–Crippen LogP) is 2.69. The van der Waals surface area contributed by atoms with E-state index in [4.69, 9.17) is 4.74 Å². The molecule has 0 aromatic heterocycles. The van der Waals surface area contributed by atoms with Crippen molar-refractivity contribution < 1.29 is 9.53 Å². The Morgan fingerprint density at radius 2 is 2.21 bits per heavy atom. The molecule has 0 bridgehead atoms. The Morgan fingerprint density at radius 1 is 1.50 bits per heavy atom. The molecular weight excluding hydrogens is 244 g/mol. The largest absolute Gasteiger partial charge is 0.496 e. The first-order valence-electron chi connectivity index (χ1n) is 4.52. The Bertz CT molecular complexity index is 370. The number of carbonyl (C=O) groups excluding carboxylic acids is 1. The molecule has 2 rings (SSSR count). The van der Waals surface area contributed by atoms with Crippen molar-refractivity contribution in [2.45, 2.75) is 18.3 Å². The zero-order chi connectivity index (χ0) is 10.2. The highest BCUT2D eigenvalue weighted by Crippen LogP contribution is 2.50. The maximum absolute atomic E-state index is 11.0. The minimum atomic E-state index is -0.269. The molecule has 1 fully saturated rings. The smallest absolute Gasteiger partial charge is 0.130 e. The molecular formula is C11H11BrO2. The summed E-state index contributed by atoms with van der Waals surface area (Å²) in [6.45, 7) is 0. The quantitative estimate of drug-likeness (QED) is 0.776. The van der Waals surface area contributed by atoms with Crippen LogP contribution in [0.25, 0.3) is 0 Å². The number of carbonyl (C=O) groups is 1. The van der Waals surface area contributed by atoms with Gasteiger partial charge in [0.05, 0.1) is 12.5 Å². The Balaban J connectivity index is 2.49. The third-order valence-electron chi connectivity index (χ3n) is 2.71. The topological polar surface area (TPSA) is 26.3 Å². The standard InChI is InChI=1S/C11H11BrO2/c1-14-10-3-2-8(12)6-9(10)11(7-13)4-5-11/h2-3,6-7H,4-5H2,1H3. The highest BCUT2D eigenvalue weighted by atomic mass is 79.9. The molecule has 0 unspecified atom stereocenters. The van der Waals surface area contributed by atoms with E-state index in [1.54, 1.807) is 7.11 Å². The van der Waals surface area contributed by atoms with Crippen LogP contribution in [0, 0.1) is 0 Å². The summed E-state index contributed by atoms with van der Waals surface area (Å²) in [4.78, 5) is 11.0. The van der Waals surface area contributed by atoms with Gasteiger partial charge in [-0.2, -0.15) is 0 Å². The summed E-state index contributed by atoms with van der Waals surface area (Å²) in [5.74, 6) is 0.804. The van der Waals surface area contributed by atoms with Gasteiger partial charge in [-0.05, 0) is 31.0 Å². The lowest BCUT2D eigenvalue weighted by atomic mass is 9.97. The molecule has 1 aliphatic rings. The fourth-order valence-electron chi connectivity index (χ4n) is 1.65. The van der Waals surface area contributed by atoms with Gasteiger partial charge in [-0.3, -0.25) is 0 Å². The van der Waals surface area contributed by atoms with Crippen molar-refractivity contribution in [2.24, 2.45) is 0 Å². The molecule has 14 heavy (non-hydrogen) atoms. The van der Waals surface area contributed by atoms with Crippen molar-refractivity contribution in [3.05, 3.63) is 28.2 Å². The van der Waals surface area contributed by atoms with Crippen LogP contribution in [0.15, 0.2) is 22.7 Å². The number of hydrogen-bond donors (Lipinski definition) is 0. The van der Waals surface area contributed by atoms with Crippen LogP contribution in [-0.2, 0) is 10.2 Å². The Hall–Kier alpha value is -0.830. The molecule has 3 heteroatoms. The van der Waals surface area contributed by atoms with Crippen molar-refractivity contribution in [3.63, 3.8) is 0 Å². The van der Waals surface area contributed by atoms with Gasteiger partial charge in [0.15, 0.2) is 0 Å². The number of halogens is 1. The predicted molar refractivity (Wildman–Crippen MR) is 57.7 cm³/mol. The van der Waals surface area contributed by atoms with Crippen molar-refractivity contribution in [1.29, 1.82) is 0 Å². The van der Waals surface area contributed by atoms with E-state index in [-0.39, 0.29) is 5.41 Å². The minimum Gasteiger partial charge on any atom is -0.496 e. The van der Waals surface area contributed by atoms with Gasteiger partial charge < -0.3 is 9.53 Å². The van der Waals surface area contributed by atoms with E-state index < -0.39 is 0 Å². The van der Waals surface area contributed by atoms with Crippen molar-refractivity contribution >= 4 is 22.2 Å². The van der Waals surface area contributed by atoms with Gasteiger partial charge in [-0.15, -0.1) is 0 Å². The van der Waals surface area contributed by atoms with Crippen LogP contribution in [0.2, 0.25) is 0 Å². The van der Waals surface area contributed by atoms with E-state index in [0.29, 0.717) is 0 Å². The Morgan fingerprint density at radius 3 is 2.71 bits per heavy atom. The fourth-order valence-corrected chi connectivity index (χ4v) is 2.02. The fraction of sp³-hybridized carbons (Fsp3) is 0.364. The van der Waals surface area contributed by atoms with Crippen LogP contribution in [0.4, 0.5) is 0 Å². The summed E-state index contributed by atoms with van der Waals surface area (Å²) in [5.41, 5.74) is 0.735. The van der Waals surface area contributed by atoms with Gasteiger partial charge >= 0.3 is 0 Å². The minimum absolute atomic E-state index is 0.269. The van der Waals surface area contributed by atoms with Crippen molar-refractivity contribution in [2.75, 3.05) is 7.11 Å². The number of hydrogen-bond acceptors (Lipinski definition) is 2. The van der Waals surface area contributed by atoms with Crippen LogP contribution < -0.4 is 4.74 Å². The van der Waals surface area contributed by atoms with Gasteiger partial charge in [0, 0.05) is 10.0 Å². The van der Waals surface area contributed by atoms with Crippen LogP contribution in [-0.4, -0.2) is 13.4 Å². The summed E-state index contributed by atoms with van der Waals surface area (Å²) in [7, 11) is 1.63. The lowest BCUT2D eigenvalue weighted by Crippen LogP contribution is -2.09. The third kappa shape index (κ3) is 1.46. The lowest BCUT2D eigenvalue weighted by Gasteiger charge is -2.13. The molecule has 1 aromatic carbocycles.